The fourth-order valence-corrected chi connectivity index (χ4v) is 4.10. The van der Waals surface area contributed by atoms with Gasteiger partial charge in [-0.3, -0.25) is 9.52 Å². The first kappa shape index (κ1) is 21.0. The minimum atomic E-state index is -3.38. The minimum absolute atomic E-state index is 0.0341. The molecule has 2 rings (SSSR count). The van der Waals surface area contributed by atoms with Crippen molar-refractivity contribution in [3.05, 3.63) is 53.8 Å². The van der Waals surface area contributed by atoms with E-state index < -0.39 is 16.0 Å². The van der Waals surface area contributed by atoms with E-state index in [-0.39, 0.29) is 18.1 Å². The number of carboxylic acid groups (broad SMARTS) is 1. The molecule has 0 aromatic heterocycles. The van der Waals surface area contributed by atoms with E-state index in [1.54, 1.807) is 7.11 Å². The molecule has 1 aliphatic carbocycles. The van der Waals surface area contributed by atoms with Gasteiger partial charge < -0.3 is 9.84 Å². The summed E-state index contributed by atoms with van der Waals surface area (Å²) in [5.74, 6) is 0.203. The molecule has 0 radical (unpaired) electrons. The molecule has 148 valence electrons. The van der Waals surface area contributed by atoms with Gasteiger partial charge in [-0.15, -0.1) is 0 Å². The molecule has 0 saturated heterocycles. The SMILES string of the molecule is COc1ccc(CCS(=O)(=O)NC2=CC(C=CCCCC(=O)O)CC2)cc1. The summed E-state index contributed by atoms with van der Waals surface area (Å²) in [6.07, 6.45) is 9.47. The lowest BCUT2D eigenvalue weighted by atomic mass is 10.1. The maximum absolute atomic E-state index is 12.3. The summed E-state index contributed by atoms with van der Waals surface area (Å²) in [6, 6.07) is 7.38. The Kier molecular flexibility index (Phi) is 7.91. The van der Waals surface area contributed by atoms with Crippen LogP contribution in [0.5, 0.6) is 5.75 Å². The first-order valence-electron chi connectivity index (χ1n) is 9.10. The molecule has 0 aliphatic heterocycles. The smallest absolute Gasteiger partial charge is 0.303 e. The van der Waals surface area contributed by atoms with Crippen molar-refractivity contribution in [2.24, 2.45) is 5.92 Å². The zero-order chi connectivity index (χ0) is 19.7. The highest BCUT2D eigenvalue weighted by Crippen LogP contribution is 2.24. The summed E-state index contributed by atoms with van der Waals surface area (Å²) in [4.78, 5) is 10.5. The number of carboxylic acids is 1. The van der Waals surface area contributed by atoms with Gasteiger partial charge in [-0.25, -0.2) is 8.42 Å². The van der Waals surface area contributed by atoms with Gasteiger partial charge in [0.05, 0.1) is 12.9 Å². The van der Waals surface area contributed by atoms with Crippen LogP contribution >= 0.6 is 0 Å². The third kappa shape index (κ3) is 7.86. The van der Waals surface area contributed by atoms with Gasteiger partial charge in [0.15, 0.2) is 0 Å². The summed E-state index contributed by atoms with van der Waals surface area (Å²) in [7, 11) is -1.79. The van der Waals surface area contributed by atoms with Gasteiger partial charge in [-0.2, -0.15) is 0 Å². The number of aliphatic carboxylic acids is 1. The third-order valence-electron chi connectivity index (χ3n) is 4.41. The van der Waals surface area contributed by atoms with Gasteiger partial charge in [-0.05, 0) is 55.7 Å². The largest absolute Gasteiger partial charge is 0.497 e. The maximum atomic E-state index is 12.3. The van der Waals surface area contributed by atoms with E-state index in [0.29, 0.717) is 19.3 Å². The van der Waals surface area contributed by atoms with Crippen molar-refractivity contribution in [2.75, 3.05) is 12.9 Å². The number of hydrogen-bond acceptors (Lipinski definition) is 4. The van der Waals surface area contributed by atoms with E-state index in [0.717, 1.165) is 29.9 Å². The predicted octanol–water partition coefficient (Wildman–Crippen LogP) is 3.26. The summed E-state index contributed by atoms with van der Waals surface area (Å²) >= 11 is 0. The van der Waals surface area contributed by atoms with Gasteiger partial charge >= 0.3 is 5.97 Å². The number of allylic oxidation sites excluding steroid dienone is 4. The van der Waals surface area contributed by atoms with Crippen LogP contribution in [-0.2, 0) is 21.2 Å². The zero-order valence-corrected chi connectivity index (χ0v) is 16.4. The van der Waals surface area contributed by atoms with Crippen molar-refractivity contribution in [3.8, 4) is 5.75 Å². The highest BCUT2D eigenvalue weighted by Gasteiger charge is 2.18. The van der Waals surface area contributed by atoms with Crippen LogP contribution in [0.25, 0.3) is 0 Å². The molecule has 0 heterocycles. The Labute approximate surface area is 161 Å². The number of sulfonamides is 1. The third-order valence-corrected chi connectivity index (χ3v) is 5.73. The molecule has 0 amide bonds. The van der Waals surface area contributed by atoms with Crippen LogP contribution < -0.4 is 9.46 Å². The van der Waals surface area contributed by atoms with Gasteiger partial charge in [-0.1, -0.05) is 30.4 Å². The molecule has 1 aromatic carbocycles. The van der Waals surface area contributed by atoms with Crippen LogP contribution in [0.1, 0.15) is 37.7 Å². The van der Waals surface area contributed by atoms with E-state index in [4.69, 9.17) is 9.84 Å². The lowest BCUT2D eigenvalue weighted by Crippen LogP contribution is -2.26. The van der Waals surface area contributed by atoms with E-state index >= 15 is 0 Å². The fraction of sp³-hybridized carbons (Fsp3) is 0.450. The summed E-state index contributed by atoms with van der Waals surface area (Å²) in [5, 5.41) is 8.60. The Hall–Kier alpha value is -2.28. The number of benzene rings is 1. The van der Waals surface area contributed by atoms with Crippen molar-refractivity contribution >= 4 is 16.0 Å². The number of rotatable bonds is 11. The number of aryl methyl sites for hydroxylation is 1. The molecule has 7 heteroatoms. The van der Waals surface area contributed by atoms with E-state index in [1.807, 2.05) is 42.5 Å². The Morgan fingerprint density at radius 2 is 2.07 bits per heavy atom. The van der Waals surface area contributed by atoms with Crippen molar-refractivity contribution in [2.45, 2.75) is 38.5 Å². The molecule has 6 nitrogen and oxygen atoms in total. The second-order valence-corrected chi connectivity index (χ2v) is 8.47. The average Bonchev–Trinajstić information content (AvgIpc) is 3.06. The first-order chi connectivity index (χ1) is 12.9. The fourth-order valence-electron chi connectivity index (χ4n) is 2.92. The molecule has 1 unspecified atom stereocenters. The second-order valence-electron chi connectivity index (χ2n) is 6.63. The molecular formula is C20H27NO5S. The molecule has 0 fully saturated rings. The monoisotopic (exact) mass is 393 g/mol. The normalized spacial score (nSPS) is 17.1. The van der Waals surface area contributed by atoms with E-state index in [1.165, 1.54) is 0 Å². The quantitative estimate of drug-likeness (QED) is 0.445. The maximum Gasteiger partial charge on any atom is 0.303 e. The number of ether oxygens (including phenoxy) is 1. The van der Waals surface area contributed by atoms with Crippen LogP contribution in [-0.4, -0.2) is 32.4 Å². The second kappa shape index (κ2) is 10.2. The number of nitrogens with one attached hydrogen (secondary N) is 1. The Morgan fingerprint density at radius 1 is 1.33 bits per heavy atom. The Morgan fingerprint density at radius 3 is 2.74 bits per heavy atom. The van der Waals surface area contributed by atoms with Crippen molar-refractivity contribution in [1.29, 1.82) is 0 Å². The average molecular weight is 394 g/mol. The predicted molar refractivity (Wildman–Crippen MR) is 105 cm³/mol. The number of carbonyl (C=O) groups is 1. The minimum Gasteiger partial charge on any atom is -0.497 e. The van der Waals surface area contributed by atoms with Crippen LogP contribution in [0.15, 0.2) is 48.2 Å². The molecule has 27 heavy (non-hydrogen) atoms. The Bertz CT molecular complexity index is 781. The Balaban J connectivity index is 1.78. The molecule has 0 saturated carbocycles. The standard InChI is InChI=1S/C20H27NO5S/c1-26-19-11-8-16(9-12-19)13-14-27(24,25)21-18-10-7-17(15-18)5-3-2-4-6-20(22)23/h3,5,8-9,11-12,15,17,21H,2,4,6-7,10,13-14H2,1H3,(H,22,23). The molecule has 0 bridgehead atoms. The molecule has 2 N–H and O–H groups in total. The van der Waals surface area contributed by atoms with Gasteiger partial charge in [0.25, 0.3) is 0 Å². The van der Waals surface area contributed by atoms with Crippen LogP contribution in [0.4, 0.5) is 0 Å². The van der Waals surface area contributed by atoms with Gasteiger partial charge in [0.1, 0.15) is 5.75 Å². The van der Waals surface area contributed by atoms with Crippen molar-refractivity contribution < 1.29 is 23.1 Å². The molecule has 1 atom stereocenters. The lowest BCUT2D eigenvalue weighted by molar-refractivity contribution is -0.137. The zero-order valence-electron chi connectivity index (χ0n) is 15.6. The summed E-state index contributed by atoms with van der Waals surface area (Å²) in [5.41, 5.74) is 1.69. The van der Waals surface area contributed by atoms with Gasteiger partial charge in [0.2, 0.25) is 10.0 Å². The number of unbranched alkanes of at least 4 members (excludes halogenated alkanes) is 1. The number of hydrogen-bond donors (Lipinski definition) is 2. The lowest BCUT2D eigenvalue weighted by Gasteiger charge is -2.09. The molecule has 1 aliphatic rings. The van der Waals surface area contributed by atoms with E-state index in [9.17, 15) is 13.2 Å². The molecule has 0 spiro atoms. The highest BCUT2D eigenvalue weighted by atomic mass is 32.2. The highest BCUT2D eigenvalue weighted by molar-refractivity contribution is 7.89. The van der Waals surface area contributed by atoms with Crippen molar-refractivity contribution in [1.82, 2.24) is 4.72 Å². The first-order valence-corrected chi connectivity index (χ1v) is 10.8. The van der Waals surface area contributed by atoms with Gasteiger partial charge in [0, 0.05) is 12.1 Å². The molecule has 1 aromatic rings. The van der Waals surface area contributed by atoms with Crippen LogP contribution in [0.3, 0.4) is 0 Å². The van der Waals surface area contributed by atoms with Crippen molar-refractivity contribution in [3.63, 3.8) is 0 Å². The number of methoxy groups -OCH3 is 1. The van der Waals surface area contributed by atoms with Crippen LogP contribution in [0.2, 0.25) is 0 Å². The summed E-state index contributed by atoms with van der Waals surface area (Å²) < 4.78 is 32.4. The topological polar surface area (TPSA) is 92.7 Å². The summed E-state index contributed by atoms with van der Waals surface area (Å²) in [6.45, 7) is 0. The molecular weight excluding hydrogens is 366 g/mol. The van der Waals surface area contributed by atoms with E-state index in [2.05, 4.69) is 4.72 Å². The van der Waals surface area contributed by atoms with Crippen LogP contribution in [0, 0.1) is 5.92 Å².